The second-order valence-corrected chi connectivity index (χ2v) is 7.15. The third-order valence-corrected chi connectivity index (χ3v) is 4.89. The van der Waals surface area contributed by atoms with Crippen LogP contribution >= 0.6 is 0 Å². The smallest absolute Gasteiger partial charge is 0.331 e. The maximum atomic E-state index is 14.3. The van der Waals surface area contributed by atoms with Crippen molar-refractivity contribution in [1.29, 1.82) is 0 Å². The Morgan fingerprint density at radius 1 is 1.07 bits per heavy atom. The summed E-state index contributed by atoms with van der Waals surface area (Å²) in [7, 11) is 1.50. The zero-order valence-electron chi connectivity index (χ0n) is 17.0. The summed E-state index contributed by atoms with van der Waals surface area (Å²) in [5.41, 5.74) is 5.44. The van der Waals surface area contributed by atoms with Crippen molar-refractivity contribution in [2.45, 2.75) is 33.0 Å². The Kier molecular flexibility index (Phi) is 6.17. The van der Waals surface area contributed by atoms with Gasteiger partial charge in [0.05, 0.1) is 19.2 Å². The molecule has 1 atom stereocenters. The molecule has 3 rings (SSSR count). The molecule has 0 bridgehead atoms. The van der Waals surface area contributed by atoms with Gasteiger partial charge < -0.3 is 10.5 Å². The van der Waals surface area contributed by atoms with E-state index in [4.69, 9.17) is 10.5 Å². The fourth-order valence-electron chi connectivity index (χ4n) is 3.39. The highest BCUT2D eigenvalue weighted by atomic mass is 19.1. The summed E-state index contributed by atoms with van der Waals surface area (Å²) in [4.78, 5) is 26.3. The Bertz CT molecular complexity index is 1180. The summed E-state index contributed by atoms with van der Waals surface area (Å²) < 4.78 is 35.9. The van der Waals surface area contributed by atoms with E-state index in [1.807, 2.05) is 0 Å². The molecule has 0 radical (unpaired) electrons. The third-order valence-electron chi connectivity index (χ3n) is 4.89. The van der Waals surface area contributed by atoms with Crippen LogP contribution in [-0.2, 0) is 13.1 Å². The highest BCUT2D eigenvalue weighted by Gasteiger charge is 2.21. The predicted octanol–water partition coefficient (Wildman–Crippen LogP) is 2.67. The second kappa shape index (κ2) is 8.62. The minimum atomic E-state index is -0.769. The van der Waals surface area contributed by atoms with E-state index in [0.717, 1.165) is 16.7 Å². The topological polar surface area (TPSA) is 79.2 Å². The summed E-state index contributed by atoms with van der Waals surface area (Å²) in [5.74, 6) is -1.01. The molecule has 1 heterocycles. The van der Waals surface area contributed by atoms with Gasteiger partial charge >= 0.3 is 5.69 Å². The monoisotopic (exact) mass is 415 g/mol. The van der Waals surface area contributed by atoms with Crippen LogP contribution in [0.1, 0.15) is 18.2 Å². The molecule has 2 N–H and O–H groups in total. The lowest BCUT2D eigenvalue weighted by atomic mass is 10.0. The van der Waals surface area contributed by atoms with E-state index in [0.29, 0.717) is 17.0 Å². The molecule has 0 spiro atoms. The van der Waals surface area contributed by atoms with Gasteiger partial charge in [0.2, 0.25) is 0 Å². The first-order valence-corrected chi connectivity index (χ1v) is 9.41. The second-order valence-electron chi connectivity index (χ2n) is 7.15. The van der Waals surface area contributed by atoms with E-state index >= 15 is 0 Å². The summed E-state index contributed by atoms with van der Waals surface area (Å²) in [6.45, 7) is 2.85. The third kappa shape index (κ3) is 4.04. The van der Waals surface area contributed by atoms with Crippen molar-refractivity contribution in [3.63, 3.8) is 0 Å². The van der Waals surface area contributed by atoms with Gasteiger partial charge in [0, 0.05) is 23.8 Å². The summed E-state index contributed by atoms with van der Waals surface area (Å²) in [5, 5.41) is 0. The Morgan fingerprint density at radius 2 is 1.70 bits per heavy atom. The van der Waals surface area contributed by atoms with Crippen LogP contribution in [0.5, 0.6) is 5.75 Å². The maximum Gasteiger partial charge on any atom is 0.331 e. The van der Waals surface area contributed by atoms with Crippen molar-refractivity contribution < 1.29 is 13.5 Å². The van der Waals surface area contributed by atoms with E-state index in [9.17, 15) is 18.4 Å². The molecule has 6 nitrogen and oxygen atoms in total. The SMILES string of the molecule is COc1cccc(-c2c(C)n(Cc3c(F)cccc3F)c(=O)n(C[C@H](C)N)c2=O)c1. The van der Waals surface area contributed by atoms with Gasteiger partial charge in [0.1, 0.15) is 17.4 Å². The molecule has 0 unspecified atom stereocenters. The zero-order valence-corrected chi connectivity index (χ0v) is 17.0. The Morgan fingerprint density at radius 3 is 2.30 bits per heavy atom. The average Bonchev–Trinajstić information content (AvgIpc) is 2.70. The van der Waals surface area contributed by atoms with Gasteiger partial charge in [-0.15, -0.1) is 0 Å². The minimum absolute atomic E-state index is 0.0331. The first kappa shape index (κ1) is 21.4. The molecule has 30 heavy (non-hydrogen) atoms. The number of nitrogens with two attached hydrogens (primary N) is 1. The van der Waals surface area contributed by atoms with Gasteiger partial charge in [0.25, 0.3) is 5.56 Å². The zero-order chi connectivity index (χ0) is 22.0. The van der Waals surface area contributed by atoms with Crippen LogP contribution in [0.15, 0.2) is 52.1 Å². The van der Waals surface area contributed by atoms with Gasteiger partial charge in [-0.1, -0.05) is 18.2 Å². The van der Waals surface area contributed by atoms with Crippen molar-refractivity contribution in [3.05, 3.63) is 86.2 Å². The van der Waals surface area contributed by atoms with Crippen LogP contribution in [0.2, 0.25) is 0 Å². The molecule has 0 saturated heterocycles. The molecule has 0 aliphatic heterocycles. The molecule has 0 fully saturated rings. The molecule has 158 valence electrons. The lowest BCUT2D eigenvalue weighted by Crippen LogP contribution is -2.45. The molecule has 3 aromatic rings. The fraction of sp³-hybridized carbons (Fsp3) is 0.273. The molecule has 0 amide bonds. The van der Waals surface area contributed by atoms with E-state index in [1.165, 1.54) is 17.7 Å². The highest BCUT2D eigenvalue weighted by Crippen LogP contribution is 2.24. The van der Waals surface area contributed by atoms with Gasteiger partial charge in [-0.05, 0) is 43.7 Å². The average molecular weight is 415 g/mol. The Balaban J connectivity index is 2.31. The first-order chi connectivity index (χ1) is 14.2. The number of methoxy groups -OCH3 is 1. The molecule has 0 aliphatic rings. The fourth-order valence-corrected chi connectivity index (χ4v) is 3.39. The van der Waals surface area contributed by atoms with E-state index in [2.05, 4.69) is 0 Å². The molecule has 8 heteroatoms. The van der Waals surface area contributed by atoms with Crippen molar-refractivity contribution in [2.75, 3.05) is 7.11 Å². The predicted molar refractivity (Wildman–Crippen MR) is 111 cm³/mol. The van der Waals surface area contributed by atoms with Crippen LogP contribution in [0.25, 0.3) is 11.1 Å². The van der Waals surface area contributed by atoms with Crippen molar-refractivity contribution in [3.8, 4) is 16.9 Å². The molecule has 0 aliphatic carbocycles. The number of nitrogens with zero attached hydrogens (tertiary/aromatic N) is 2. The summed E-state index contributed by atoms with van der Waals surface area (Å²) in [6, 6.07) is 9.84. The van der Waals surface area contributed by atoms with Crippen LogP contribution in [0.4, 0.5) is 8.78 Å². The Labute approximate surface area is 172 Å². The van der Waals surface area contributed by atoms with Crippen molar-refractivity contribution in [1.82, 2.24) is 9.13 Å². The van der Waals surface area contributed by atoms with Crippen LogP contribution in [-0.4, -0.2) is 22.3 Å². The summed E-state index contributed by atoms with van der Waals surface area (Å²) >= 11 is 0. The number of hydrogen-bond donors (Lipinski definition) is 1. The quantitative estimate of drug-likeness (QED) is 0.671. The number of halogens is 2. The van der Waals surface area contributed by atoms with Crippen LogP contribution in [0, 0.1) is 18.6 Å². The first-order valence-electron chi connectivity index (χ1n) is 9.41. The standard InChI is InChI=1S/C22H23F2N3O3/c1-13(25)11-27-21(28)20(15-6-4-7-16(10-15)30-3)14(2)26(22(27)29)12-17-18(23)8-5-9-19(17)24/h4-10,13H,11-12,25H2,1-3H3/t13-/m0/s1. The molecule has 2 aromatic carbocycles. The van der Waals surface area contributed by atoms with Crippen LogP contribution in [0.3, 0.4) is 0 Å². The maximum absolute atomic E-state index is 14.3. The molecular weight excluding hydrogens is 392 g/mol. The number of rotatable bonds is 6. The van der Waals surface area contributed by atoms with Crippen LogP contribution < -0.4 is 21.7 Å². The number of hydrogen-bond acceptors (Lipinski definition) is 4. The lowest BCUT2D eigenvalue weighted by molar-refractivity contribution is 0.415. The van der Waals surface area contributed by atoms with Gasteiger partial charge in [-0.3, -0.25) is 13.9 Å². The minimum Gasteiger partial charge on any atom is -0.497 e. The highest BCUT2D eigenvalue weighted by molar-refractivity contribution is 5.66. The van der Waals surface area contributed by atoms with Gasteiger partial charge in [-0.2, -0.15) is 0 Å². The van der Waals surface area contributed by atoms with E-state index < -0.39 is 28.9 Å². The van der Waals surface area contributed by atoms with Gasteiger partial charge in [-0.25, -0.2) is 13.6 Å². The van der Waals surface area contributed by atoms with E-state index in [1.54, 1.807) is 38.1 Å². The largest absolute Gasteiger partial charge is 0.497 e. The molecule has 1 aromatic heterocycles. The van der Waals surface area contributed by atoms with Gasteiger partial charge in [0.15, 0.2) is 0 Å². The number of benzene rings is 2. The number of ether oxygens (including phenoxy) is 1. The molecular formula is C22H23F2N3O3. The summed E-state index contributed by atoms with van der Waals surface area (Å²) in [6.07, 6.45) is 0. The van der Waals surface area contributed by atoms with Crippen molar-refractivity contribution in [2.24, 2.45) is 5.73 Å². The van der Waals surface area contributed by atoms with E-state index in [-0.39, 0.29) is 24.2 Å². The number of aromatic nitrogens is 2. The van der Waals surface area contributed by atoms with Crippen molar-refractivity contribution >= 4 is 0 Å². The normalized spacial score (nSPS) is 12.1. The lowest BCUT2D eigenvalue weighted by Gasteiger charge is -2.19. The Hall–Kier alpha value is -3.26. The molecule has 0 saturated carbocycles.